The van der Waals surface area contributed by atoms with Crippen molar-refractivity contribution < 1.29 is 18.4 Å². The minimum atomic E-state index is -0.431. The van der Waals surface area contributed by atoms with Gasteiger partial charge in [0, 0.05) is 23.2 Å². The van der Waals surface area contributed by atoms with E-state index in [9.17, 15) is 9.59 Å². The van der Waals surface area contributed by atoms with Crippen molar-refractivity contribution in [3.05, 3.63) is 70.7 Å². The van der Waals surface area contributed by atoms with Crippen LogP contribution < -0.4 is 10.7 Å². The van der Waals surface area contributed by atoms with Crippen molar-refractivity contribution in [2.45, 2.75) is 33.1 Å². The van der Waals surface area contributed by atoms with E-state index in [0.29, 0.717) is 35.7 Å². The number of pyridine rings is 1. The number of aryl methyl sites for hydroxylation is 2. The molecule has 0 aromatic carbocycles. The Labute approximate surface area is 167 Å². The predicted molar refractivity (Wildman–Crippen MR) is 106 cm³/mol. The highest BCUT2D eigenvalue weighted by Gasteiger charge is 2.28. The van der Waals surface area contributed by atoms with Crippen LogP contribution in [0.2, 0.25) is 0 Å². The average Bonchev–Trinajstić information content (AvgIpc) is 3.35. The van der Waals surface area contributed by atoms with Crippen molar-refractivity contribution in [3.8, 4) is 0 Å². The molecule has 3 aromatic heterocycles. The third-order valence-corrected chi connectivity index (χ3v) is 4.70. The van der Waals surface area contributed by atoms with Crippen molar-refractivity contribution in [2.24, 2.45) is 5.10 Å². The van der Waals surface area contributed by atoms with Crippen LogP contribution in [-0.4, -0.2) is 22.5 Å². The topological polar surface area (TPSA) is 110 Å². The van der Waals surface area contributed by atoms with Crippen LogP contribution >= 0.6 is 0 Å². The van der Waals surface area contributed by atoms with Crippen LogP contribution in [0.25, 0.3) is 0 Å². The fourth-order valence-corrected chi connectivity index (χ4v) is 3.36. The van der Waals surface area contributed by atoms with Gasteiger partial charge in [0.2, 0.25) is 0 Å². The van der Waals surface area contributed by atoms with Crippen molar-refractivity contribution in [3.63, 3.8) is 0 Å². The summed E-state index contributed by atoms with van der Waals surface area (Å²) < 4.78 is 10.9. The lowest BCUT2D eigenvalue weighted by molar-refractivity contribution is 0.0926. The molecule has 1 aliphatic carbocycles. The number of carbonyl (C=O) groups excluding carboxylic acids is 2. The van der Waals surface area contributed by atoms with E-state index in [1.807, 2.05) is 26.0 Å². The van der Waals surface area contributed by atoms with E-state index in [0.717, 1.165) is 17.7 Å². The number of nitrogens with one attached hydrogen (secondary N) is 2. The normalized spacial score (nSPS) is 14.5. The Hall–Kier alpha value is -3.68. The van der Waals surface area contributed by atoms with Gasteiger partial charge in [-0.15, -0.1) is 0 Å². The van der Waals surface area contributed by atoms with Gasteiger partial charge in [0.25, 0.3) is 5.91 Å². The molecule has 2 amide bonds. The zero-order chi connectivity index (χ0) is 20.4. The first-order valence-electron chi connectivity index (χ1n) is 9.31. The Balaban J connectivity index is 1.58. The fourth-order valence-electron chi connectivity index (χ4n) is 3.36. The molecule has 3 aromatic rings. The second-order valence-corrected chi connectivity index (χ2v) is 6.80. The van der Waals surface area contributed by atoms with Crippen molar-refractivity contribution in [2.75, 3.05) is 5.32 Å². The van der Waals surface area contributed by atoms with Crippen molar-refractivity contribution in [1.29, 1.82) is 0 Å². The Morgan fingerprint density at radius 1 is 1.10 bits per heavy atom. The number of fused-ring (bicyclic) bond motifs is 1. The Morgan fingerprint density at radius 3 is 2.72 bits per heavy atom. The maximum atomic E-state index is 12.7. The van der Waals surface area contributed by atoms with Gasteiger partial charge in [0.15, 0.2) is 11.5 Å². The molecule has 1 aliphatic rings. The number of furan rings is 2. The van der Waals surface area contributed by atoms with Gasteiger partial charge in [-0.3, -0.25) is 9.59 Å². The van der Waals surface area contributed by atoms with Gasteiger partial charge in [-0.2, -0.15) is 5.10 Å². The van der Waals surface area contributed by atoms with Crippen LogP contribution in [0.5, 0.6) is 0 Å². The summed E-state index contributed by atoms with van der Waals surface area (Å²) in [7, 11) is 0. The number of aromatic nitrogens is 1. The van der Waals surface area contributed by atoms with Gasteiger partial charge in [0.05, 0.1) is 12.0 Å². The highest BCUT2D eigenvalue weighted by Crippen LogP contribution is 2.30. The van der Waals surface area contributed by atoms with Crippen LogP contribution in [0, 0.1) is 13.8 Å². The summed E-state index contributed by atoms with van der Waals surface area (Å²) in [6.07, 6.45) is 3.62. The maximum Gasteiger partial charge on any atom is 0.307 e. The number of anilines is 1. The Kier molecular flexibility index (Phi) is 4.99. The van der Waals surface area contributed by atoms with Gasteiger partial charge in [-0.1, -0.05) is 6.07 Å². The van der Waals surface area contributed by atoms with Crippen LogP contribution in [0.15, 0.2) is 50.5 Å². The van der Waals surface area contributed by atoms with Crippen LogP contribution in [0.1, 0.15) is 56.5 Å². The third kappa shape index (κ3) is 3.82. The van der Waals surface area contributed by atoms with Gasteiger partial charge < -0.3 is 14.2 Å². The first-order chi connectivity index (χ1) is 14.0. The lowest BCUT2D eigenvalue weighted by Gasteiger charge is -2.13. The van der Waals surface area contributed by atoms with E-state index < -0.39 is 5.91 Å². The molecule has 0 saturated heterocycles. The molecule has 0 bridgehead atoms. The largest absolute Gasteiger partial charge is 0.459 e. The molecule has 4 rings (SSSR count). The highest BCUT2D eigenvalue weighted by molar-refractivity contribution is 6.09. The summed E-state index contributed by atoms with van der Waals surface area (Å²) in [6, 6.07) is 8.60. The van der Waals surface area contributed by atoms with Gasteiger partial charge in [0.1, 0.15) is 11.6 Å². The number of rotatable bonds is 4. The number of hydrogen-bond acceptors (Lipinski definition) is 6. The summed E-state index contributed by atoms with van der Waals surface area (Å²) in [6.45, 7) is 3.67. The summed E-state index contributed by atoms with van der Waals surface area (Å²) in [5.74, 6) is 0.768. The fraction of sp³-hybridized carbons (Fsp3) is 0.238. The molecule has 2 N–H and O–H groups in total. The standard InChI is InChI=1S/C21H20N4O4/c1-12-6-3-10-17(22-12)23-21(27)19-13(2)18-14(7-4-8-15(18)29-19)24-25-20(26)16-9-5-11-28-16/h3,5-6,9-11H,4,7-8H2,1-2H3,(H,25,26)(H,22,23,27)/b24-14+. The van der Waals surface area contributed by atoms with Crippen LogP contribution in [-0.2, 0) is 6.42 Å². The number of nitrogens with zero attached hydrogens (tertiary/aromatic N) is 2. The molecule has 0 aliphatic heterocycles. The Morgan fingerprint density at radius 2 is 1.97 bits per heavy atom. The van der Waals surface area contributed by atoms with Gasteiger partial charge in [-0.05, 0) is 51.0 Å². The summed E-state index contributed by atoms with van der Waals surface area (Å²) in [4.78, 5) is 29.1. The minimum Gasteiger partial charge on any atom is -0.459 e. The highest BCUT2D eigenvalue weighted by atomic mass is 16.4. The summed E-state index contributed by atoms with van der Waals surface area (Å²) in [5, 5.41) is 7.03. The maximum absolute atomic E-state index is 12.7. The molecule has 0 saturated carbocycles. The molecular formula is C21H20N4O4. The lowest BCUT2D eigenvalue weighted by atomic mass is 9.93. The SMILES string of the molecule is Cc1cccc(NC(=O)c2oc3c(c2C)/C(=N/NC(=O)c2ccco2)CCC3)n1. The zero-order valence-corrected chi connectivity index (χ0v) is 16.1. The molecular weight excluding hydrogens is 372 g/mol. The first-order valence-corrected chi connectivity index (χ1v) is 9.31. The second kappa shape index (κ2) is 7.75. The third-order valence-electron chi connectivity index (χ3n) is 4.70. The molecule has 0 atom stereocenters. The molecule has 148 valence electrons. The predicted octanol–water partition coefficient (Wildman–Crippen LogP) is 3.61. The molecule has 0 unspecified atom stereocenters. The monoisotopic (exact) mass is 392 g/mol. The smallest absolute Gasteiger partial charge is 0.307 e. The van der Waals surface area contributed by atoms with E-state index in [2.05, 4.69) is 20.8 Å². The quantitative estimate of drug-likeness (QED) is 0.659. The molecule has 8 heteroatoms. The molecule has 8 nitrogen and oxygen atoms in total. The number of hydrogen-bond donors (Lipinski definition) is 2. The van der Waals surface area contributed by atoms with Crippen molar-refractivity contribution in [1.82, 2.24) is 10.4 Å². The van der Waals surface area contributed by atoms with E-state index in [-0.39, 0.29) is 17.4 Å². The first kappa shape index (κ1) is 18.7. The number of hydrazone groups is 1. The van der Waals surface area contributed by atoms with E-state index >= 15 is 0 Å². The molecule has 3 heterocycles. The van der Waals surface area contributed by atoms with Gasteiger partial charge in [-0.25, -0.2) is 10.4 Å². The zero-order valence-electron chi connectivity index (χ0n) is 16.1. The molecule has 0 radical (unpaired) electrons. The summed E-state index contributed by atoms with van der Waals surface area (Å²) >= 11 is 0. The van der Waals surface area contributed by atoms with Crippen LogP contribution in [0.3, 0.4) is 0 Å². The molecule has 0 spiro atoms. The van der Waals surface area contributed by atoms with E-state index in [1.54, 1.807) is 18.2 Å². The van der Waals surface area contributed by atoms with Crippen molar-refractivity contribution >= 4 is 23.3 Å². The van der Waals surface area contributed by atoms with E-state index in [1.165, 1.54) is 6.26 Å². The lowest BCUT2D eigenvalue weighted by Crippen LogP contribution is -2.21. The molecule has 0 fully saturated rings. The average molecular weight is 392 g/mol. The van der Waals surface area contributed by atoms with Gasteiger partial charge >= 0.3 is 5.91 Å². The molecule has 29 heavy (non-hydrogen) atoms. The number of carbonyl (C=O) groups is 2. The van der Waals surface area contributed by atoms with Crippen LogP contribution in [0.4, 0.5) is 5.82 Å². The summed E-state index contributed by atoms with van der Waals surface area (Å²) in [5.41, 5.74) is 5.46. The minimum absolute atomic E-state index is 0.181. The number of amides is 2. The second-order valence-electron chi connectivity index (χ2n) is 6.80. The van der Waals surface area contributed by atoms with E-state index in [4.69, 9.17) is 8.83 Å². The Bertz CT molecular complexity index is 1100.